The van der Waals surface area contributed by atoms with Crippen LogP contribution in [-0.4, -0.2) is 36.0 Å². The van der Waals surface area contributed by atoms with Crippen LogP contribution in [-0.2, 0) is 10.2 Å². The van der Waals surface area contributed by atoms with Crippen LogP contribution in [0.15, 0.2) is 30.3 Å². The second kappa shape index (κ2) is 5.83. The lowest BCUT2D eigenvalue weighted by molar-refractivity contribution is -0.172. The van der Waals surface area contributed by atoms with Gasteiger partial charge in [0.05, 0.1) is 5.41 Å². The summed E-state index contributed by atoms with van der Waals surface area (Å²) >= 11 is 0. The Morgan fingerprint density at radius 3 is 2.37 bits per heavy atom. The minimum absolute atomic E-state index is 0.124. The Hall–Kier alpha value is -1.35. The van der Waals surface area contributed by atoms with Gasteiger partial charge in [0.15, 0.2) is 0 Å². The molecule has 4 saturated carbocycles. The van der Waals surface area contributed by atoms with Crippen molar-refractivity contribution < 1.29 is 4.79 Å². The minimum atomic E-state index is -0.124. The zero-order chi connectivity index (χ0) is 18.9. The fourth-order valence-corrected chi connectivity index (χ4v) is 8.10. The number of hydrogen-bond donors (Lipinski definition) is 1. The van der Waals surface area contributed by atoms with Crippen molar-refractivity contribution in [2.75, 3.05) is 13.1 Å². The highest BCUT2D eigenvalue weighted by molar-refractivity contribution is 5.84. The number of hydrogen-bond acceptors (Lipinski definition) is 2. The quantitative estimate of drug-likeness (QED) is 0.854. The Kier molecular flexibility index (Phi) is 3.82. The topological polar surface area (TPSA) is 32.3 Å². The Morgan fingerprint density at radius 1 is 1.00 bits per heavy atom. The molecule has 4 aliphatic carbocycles. The predicted octanol–water partition coefficient (Wildman–Crippen LogP) is 4.12. The van der Waals surface area contributed by atoms with Gasteiger partial charge in [0.2, 0.25) is 5.91 Å². The van der Waals surface area contributed by atoms with Gasteiger partial charge < -0.3 is 10.2 Å². The van der Waals surface area contributed by atoms with E-state index in [2.05, 4.69) is 61.3 Å². The van der Waals surface area contributed by atoms with Gasteiger partial charge in [-0.1, -0.05) is 37.3 Å². The predicted molar refractivity (Wildman–Crippen MR) is 108 cm³/mol. The number of amides is 1. The SMILES string of the molecule is C[C@@H]1CN(C(=O)C23CC4CC(C)(C2)CC(c2ccccc2)(C4)C3)C[C@H](C)N1. The number of nitrogens with one attached hydrogen (secondary N) is 1. The number of piperazine rings is 1. The van der Waals surface area contributed by atoms with E-state index in [-0.39, 0.29) is 10.8 Å². The normalized spacial score (nSPS) is 45.9. The summed E-state index contributed by atoms with van der Waals surface area (Å²) in [5, 5.41) is 3.58. The van der Waals surface area contributed by atoms with Crippen molar-refractivity contribution in [3.05, 3.63) is 35.9 Å². The lowest BCUT2D eigenvalue weighted by atomic mass is 9.38. The van der Waals surface area contributed by atoms with Gasteiger partial charge in [-0.05, 0) is 74.7 Å². The molecule has 1 aromatic rings. The molecule has 0 radical (unpaired) electrons. The molecule has 6 atom stereocenters. The third kappa shape index (κ3) is 2.76. The lowest BCUT2D eigenvalue weighted by Gasteiger charge is -2.66. The molecule has 4 unspecified atom stereocenters. The summed E-state index contributed by atoms with van der Waals surface area (Å²) in [7, 11) is 0. The van der Waals surface area contributed by atoms with Crippen molar-refractivity contribution in [2.24, 2.45) is 16.7 Å². The van der Waals surface area contributed by atoms with Crippen LogP contribution in [0.2, 0.25) is 0 Å². The summed E-state index contributed by atoms with van der Waals surface area (Å²) in [6.45, 7) is 8.63. The maximum atomic E-state index is 14.0. The molecule has 3 nitrogen and oxygen atoms in total. The molecule has 1 amide bonds. The number of rotatable bonds is 2. The molecule has 5 aliphatic rings. The van der Waals surface area contributed by atoms with Crippen LogP contribution >= 0.6 is 0 Å². The number of nitrogens with zero attached hydrogens (tertiary/aromatic N) is 1. The third-order valence-electron chi connectivity index (χ3n) is 8.03. The van der Waals surface area contributed by atoms with Crippen LogP contribution in [0.1, 0.15) is 64.9 Å². The van der Waals surface area contributed by atoms with E-state index in [1.807, 2.05) is 0 Å². The first-order valence-corrected chi connectivity index (χ1v) is 10.9. The lowest BCUT2D eigenvalue weighted by Crippen LogP contribution is -2.65. The summed E-state index contributed by atoms with van der Waals surface area (Å²) in [5.74, 6) is 1.19. The van der Waals surface area contributed by atoms with Gasteiger partial charge in [-0.3, -0.25) is 4.79 Å². The van der Waals surface area contributed by atoms with Crippen LogP contribution < -0.4 is 5.32 Å². The van der Waals surface area contributed by atoms with Gasteiger partial charge in [0, 0.05) is 25.2 Å². The molecule has 1 heterocycles. The Labute approximate surface area is 163 Å². The second-order valence-corrected chi connectivity index (χ2v) is 10.9. The number of benzene rings is 1. The molecule has 27 heavy (non-hydrogen) atoms. The van der Waals surface area contributed by atoms with Crippen molar-refractivity contribution in [2.45, 2.75) is 76.8 Å². The summed E-state index contributed by atoms with van der Waals surface area (Å²) in [6, 6.07) is 11.9. The minimum Gasteiger partial charge on any atom is -0.339 e. The van der Waals surface area contributed by atoms with E-state index in [0.717, 1.165) is 32.4 Å². The molecule has 4 bridgehead atoms. The van der Waals surface area contributed by atoms with Gasteiger partial charge >= 0.3 is 0 Å². The molecule has 6 rings (SSSR count). The van der Waals surface area contributed by atoms with E-state index in [9.17, 15) is 4.79 Å². The van der Waals surface area contributed by atoms with Gasteiger partial charge in [0.25, 0.3) is 0 Å². The first-order chi connectivity index (χ1) is 12.8. The number of carbonyl (C=O) groups is 1. The highest BCUT2D eigenvalue weighted by atomic mass is 16.2. The molecule has 0 aromatic heterocycles. The Balaban J connectivity index is 1.52. The van der Waals surface area contributed by atoms with Gasteiger partial charge in [-0.15, -0.1) is 0 Å². The molecular weight excluding hydrogens is 332 g/mol. The first kappa shape index (κ1) is 17.7. The van der Waals surface area contributed by atoms with Crippen LogP contribution in [0.25, 0.3) is 0 Å². The number of carbonyl (C=O) groups excluding carboxylic acids is 1. The first-order valence-electron chi connectivity index (χ1n) is 10.9. The summed E-state index contributed by atoms with van der Waals surface area (Å²) in [4.78, 5) is 16.2. The average molecular weight is 367 g/mol. The molecule has 1 aliphatic heterocycles. The summed E-state index contributed by atoms with van der Waals surface area (Å²) < 4.78 is 0. The van der Waals surface area contributed by atoms with Crippen LogP contribution in [0.4, 0.5) is 0 Å². The average Bonchev–Trinajstić information content (AvgIpc) is 2.59. The Morgan fingerprint density at radius 2 is 1.70 bits per heavy atom. The van der Waals surface area contributed by atoms with Crippen molar-refractivity contribution >= 4 is 5.91 Å². The van der Waals surface area contributed by atoms with Crippen LogP contribution in [0.3, 0.4) is 0 Å². The summed E-state index contributed by atoms with van der Waals surface area (Å²) in [5.41, 5.74) is 1.91. The van der Waals surface area contributed by atoms with E-state index in [1.54, 1.807) is 0 Å². The van der Waals surface area contributed by atoms with E-state index in [1.165, 1.54) is 24.8 Å². The van der Waals surface area contributed by atoms with E-state index in [4.69, 9.17) is 0 Å². The zero-order valence-corrected chi connectivity index (χ0v) is 17.1. The molecule has 146 valence electrons. The molecule has 1 saturated heterocycles. The monoisotopic (exact) mass is 366 g/mol. The maximum Gasteiger partial charge on any atom is 0.228 e. The molecular formula is C24H34N2O. The third-order valence-corrected chi connectivity index (χ3v) is 8.03. The van der Waals surface area contributed by atoms with Gasteiger partial charge in [-0.2, -0.15) is 0 Å². The molecule has 0 spiro atoms. The Bertz CT molecular complexity index is 738. The van der Waals surface area contributed by atoms with Crippen molar-refractivity contribution in [1.82, 2.24) is 10.2 Å². The standard InChI is InChI=1S/C24H34N2O/c1-17-12-26(13-18(2)25-17)21(27)24-11-19-9-22(3,15-24)14-23(10-19,16-24)20-7-5-4-6-8-20/h4-8,17-19,25H,9-16H2,1-3H3/t17-,18+,19?,22?,23?,24?. The van der Waals surface area contributed by atoms with E-state index >= 15 is 0 Å². The molecule has 1 N–H and O–H groups in total. The maximum absolute atomic E-state index is 14.0. The fraction of sp³-hybridized carbons (Fsp3) is 0.708. The fourth-order valence-electron chi connectivity index (χ4n) is 8.10. The highest BCUT2D eigenvalue weighted by Crippen LogP contribution is 2.70. The van der Waals surface area contributed by atoms with Gasteiger partial charge in [-0.25, -0.2) is 0 Å². The zero-order valence-electron chi connectivity index (χ0n) is 17.1. The highest BCUT2D eigenvalue weighted by Gasteiger charge is 2.65. The summed E-state index contributed by atoms with van der Waals surface area (Å²) in [6.07, 6.45) is 7.19. The van der Waals surface area contributed by atoms with Crippen molar-refractivity contribution in [3.8, 4) is 0 Å². The van der Waals surface area contributed by atoms with Crippen molar-refractivity contribution in [3.63, 3.8) is 0 Å². The van der Waals surface area contributed by atoms with E-state index in [0.29, 0.717) is 29.3 Å². The van der Waals surface area contributed by atoms with Gasteiger partial charge in [0.1, 0.15) is 0 Å². The molecule has 3 heteroatoms. The van der Waals surface area contributed by atoms with Crippen LogP contribution in [0, 0.1) is 16.7 Å². The largest absolute Gasteiger partial charge is 0.339 e. The second-order valence-electron chi connectivity index (χ2n) is 10.9. The molecule has 1 aromatic carbocycles. The van der Waals surface area contributed by atoms with Crippen LogP contribution in [0.5, 0.6) is 0 Å². The molecule has 5 fully saturated rings. The van der Waals surface area contributed by atoms with Crippen molar-refractivity contribution in [1.29, 1.82) is 0 Å². The smallest absolute Gasteiger partial charge is 0.228 e. The van der Waals surface area contributed by atoms with E-state index < -0.39 is 0 Å².